The van der Waals surface area contributed by atoms with E-state index in [4.69, 9.17) is 4.74 Å². The maximum atomic E-state index is 12.7. The summed E-state index contributed by atoms with van der Waals surface area (Å²) < 4.78 is 7.34. The van der Waals surface area contributed by atoms with Gasteiger partial charge in [0.25, 0.3) is 5.91 Å². The molecule has 158 valence electrons. The van der Waals surface area contributed by atoms with Crippen LogP contribution in [0.25, 0.3) is 21.9 Å². The summed E-state index contributed by atoms with van der Waals surface area (Å²) in [4.78, 5) is 21.1. The molecule has 0 radical (unpaired) electrons. The van der Waals surface area contributed by atoms with Gasteiger partial charge >= 0.3 is 0 Å². The van der Waals surface area contributed by atoms with Gasteiger partial charge < -0.3 is 10.1 Å². The van der Waals surface area contributed by atoms with Crippen LogP contribution in [0.3, 0.4) is 0 Å². The number of aromatic nitrogens is 4. The zero-order valence-corrected chi connectivity index (χ0v) is 17.9. The zero-order chi connectivity index (χ0) is 21.8. The number of hydrogen-bond donors (Lipinski definition) is 1. The Morgan fingerprint density at radius 3 is 2.77 bits per heavy atom. The molecule has 0 spiro atoms. The quantitative estimate of drug-likeness (QED) is 0.463. The number of methoxy groups -OCH3 is 1. The lowest BCUT2D eigenvalue weighted by molar-refractivity contribution is 0.0952. The number of hydrogen-bond acceptors (Lipinski definition) is 5. The summed E-state index contributed by atoms with van der Waals surface area (Å²) in [7, 11) is 1.64. The third-order valence-corrected chi connectivity index (χ3v) is 5.23. The zero-order valence-electron chi connectivity index (χ0n) is 17.9. The maximum Gasteiger partial charge on any atom is 0.251 e. The normalized spacial score (nSPS) is 10.9. The molecule has 2 heterocycles. The van der Waals surface area contributed by atoms with Crippen molar-refractivity contribution in [1.29, 1.82) is 0 Å². The second-order valence-corrected chi connectivity index (χ2v) is 7.36. The molecule has 0 aliphatic heterocycles. The summed E-state index contributed by atoms with van der Waals surface area (Å²) in [5, 5.41) is 9.39. The molecule has 31 heavy (non-hydrogen) atoms. The Morgan fingerprint density at radius 1 is 1.13 bits per heavy atom. The minimum absolute atomic E-state index is 0.0831. The van der Waals surface area contributed by atoms with Gasteiger partial charge in [0, 0.05) is 30.4 Å². The molecule has 0 unspecified atom stereocenters. The van der Waals surface area contributed by atoms with Gasteiger partial charge in [-0.25, -0.2) is 4.98 Å². The molecule has 1 amide bonds. The fraction of sp³-hybridized carbons (Fsp3) is 0.250. The molecular formula is C24H25N5O2. The maximum absolute atomic E-state index is 12.7. The molecule has 0 saturated heterocycles. The second kappa shape index (κ2) is 8.95. The van der Waals surface area contributed by atoms with Crippen LogP contribution in [0.15, 0.2) is 54.9 Å². The number of nitrogens with one attached hydrogen (secondary N) is 1. The van der Waals surface area contributed by atoms with Gasteiger partial charge in [-0.05, 0) is 54.8 Å². The van der Waals surface area contributed by atoms with Crippen LogP contribution >= 0.6 is 0 Å². The van der Waals surface area contributed by atoms with E-state index in [2.05, 4.69) is 20.4 Å². The molecule has 0 saturated carbocycles. The van der Waals surface area contributed by atoms with Gasteiger partial charge in [-0.15, -0.1) is 0 Å². The Hall–Kier alpha value is -3.74. The summed E-state index contributed by atoms with van der Waals surface area (Å²) in [5.41, 5.74) is 2.65. The molecule has 0 aliphatic rings. The van der Waals surface area contributed by atoms with Crippen LogP contribution in [0.4, 0.5) is 0 Å². The van der Waals surface area contributed by atoms with Gasteiger partial charge in [0.2, 0.25) is 0 Å². The molecule has 4 rings (SSSR count). The third-order valence-electron chi connectivity index (χ3n) is 5.23. The van der Waals surface area contributed by atoms with Crippen molar-refractivity contribution in [2.75, 3.05) is 13.7 Å². The van der Waals surface area contributed by atoms with Crippen molar-refractivity contribution in [1.82, 2.24) is 25.1 Å². The van der Waals surface area contributed by atoms with Gasteiger partial charge in [-0.3, -0.25) is 14.5 Å². The Kier molecular flexibility index (Phi) is 5.93. The van der Waals surface area contributed by atoms with Crippen molar-refractivity contribution in [3.8, 4) is 16.9 Å². The van der Waals surface area contributed by atoms with Crippen molar-refractivity contribution >= 4 is 16.7 Å². The minimum Gasteiger partial charge on any atom is -0.494 e. The van der Waals surface area contributed by atoms with E-state index in [1.807, 2.05) is 61.0 Å². The molecule has 0 fully saturated rings. The molecule has 2 aromatic heterocycles. The number of rotatable bonds is 7. The molecule has 4 aromatic rings. The van der Waals surface area contributed by atoms with E-state index in [1.165, 1.54) is 0 Å². The number of amides is 1. The number of carbonyl (C=O) groups is 1. The van der Waals surface area contributed by atoms with Crippen LogP contribution in [0.1, 0.15) is 28.4 Å². The number of aryl methyl sites for hydroxylation is 3. The van der Waals surface area contributed by atoms with E-state index in [0.717, 1.165) is 52.3 Å². The molecule has 0 aliphatic carbocycles. The Balaban J connectivity index is 1.48. The van der Waals surface area contributed by atoms with Crippen LogP contribution < -0.4 is 10.1 Å². The van der Waals surface area contributed by atoms with Crippen LogP contribution in [-0.2, 0) is 6.54 Å². The van der Waals surface area contributed by atoms with Gasteiger partial charge in [-0.1, -0.05) is 24.3 Å². The van der Waals surface area contributed by atoms with E-state index >= 15 is 0 Å². The van der Waals surface area contributed by atoms with Crippen molar-refractivity contribution in [3.63, 3.8) is 0 Å². The standard InChI is InChI=1S/C24H25N5O2/c1-16-27-17(2)29(28-16)13-5-11-26-24(30)19-8-9-20-18(14-19)6-4-7-21(20)22-10-12-25-15-23(22)31-3/h4,6-10,12,14-15H,5,11,13H2,1-3H3,(H,26,30). The van der Waals surface area contributed by atoms with Crippen molar-refractivity contribution in [3.05, 3.63) is 72.1 Å². The van der Waals surface area contributed by atoms with Crippen molar-refractivity contribution in [2.45, 2.75) is 26.8 Å². The fourth-order valence-electron chi connectivity index (χ4n) is 3.73. The van der Waals surface area contributed by atoms with E-state index in [-0.39, 0.29) is 5.91 Å². The molecule has 7 heteroatoms. The predicted molar refractivity (Wildman–Crippen MR) is 120 cm³/mol. The van der Waals surface area contributed by atoms with E-state index in [1.54, 1.807) is 19.5 Å². The first-order valence-corrected chi connectivity index (χ1v) is 10.2. The number of pyridine rings is 1. The predicted octanol–water partition coefficient (Wildman–Crippen LogP) is 3.94. The summed E-state index contributed by atoms with van der Waals surface area (Å²) in [6.07, 6.45) is 4.24. The highest BCUT2D eigenvalue weighted by Gasteiger charge is 2.12. The number of benzene rings is 2. The molecule has 0 bridgehead atoms. The van der Waals surface area contributed by atoms with Crippen molar-refractivity contribution in [2.24, 2.45) is 0 Å². The number of carbonyl (C=O) groups excluding carboxylic acids is 1. The number of ether oxygens (including phenoxy) is 1. The molecule has 1 N–H and O–H groups in total. The Morgan fingerprint density at radius 2 is 2.00 bits per heavy atom. The van der Waals surface area contributed by atoms with E-state index in [9.17, 15) is 4.79 Å². The second-order valence-electron chi connectivity index (χ2n) is 7.36. The number of fused-ring (bicyclic) bond motifs is 1. The monoisotopic (exact) mass is 415 g/mol. The largest absolute Gasteiger partial charge is 0.494 e. The van der Waals surface area contributed by atoms with Crippen molar-refractivity contribution < 1.29 is 9.53 Å². The molecule has 2 aromatic carbocycles. The summed E-state index contributed by atoms with van der Waals surface area (Å²) in [6.45, 7) is 5.11. The summed E-state index contributed by atoms with van der Waals surface area (Å²) in [5.74, 6) is 2.29. The summed E-state index contributed by atoms with van der Waals surface area (Å²) >= 11 is 0. The third kappa shape index (κ3) is 4.40. The number of nitrogens with zero attached hydrogens (tertiary/aromatic N) is 4. The Labute approximate surface area is 181 Å². The SMILES string of the molecule is COc1cnccc1-c1cccc2cc(C(=O)NCCCn3nc(C)nc3C)ccc12. The van der Waals surface area contributed by atoms with E-state index < -0.39 is 0 Å². The first-order valence-electron chi connectivity index (χ1n) is 10.2. The molecular weight excluding hydrogens is 390 g/mol. The topological polar surface area (TPSA) is 81.9 Å². The first-order chi connectivity index (χ1) is 15.1. The smallest absolute Gasteiger partial charge is 0.251 e. The highest BCUT2D eigenvalue weighted by atomic mass is 16.5. The lowest BCUT2D eigenvalue weighted by Gasteiger charge is -2.12. The highest BCUT2D eigenvalue weighted by Crippen LogP contribution is 2.34. The van der Waals surface area contributed by atoms with Gasteiger partial charge in [0.05, 0.1) is 13.3 Å². The van der Waals surface area contributed by atoms with Crippen LogP contribution in [0, 0.1) is 13.8 Å². The van der Waals surface area contributed by atoms with Crippen LogP contribution in [-0.4, -0.2) is 39.3 Å². The fourth-order valence-corrected chi connectivity index (χ4v) is 3.73. The average molecular weight is 415 g/mol. The summed E-state index contributed by atoms with van der Waals surface area (Å²) in [6, 6.07) is 13.8. The molecule has 0 atom stereocenters. The average Bonchev–Trinajstić information content (AvgIpc) is 3.12. The van der Waals surface area contributed by atoms with E-state index in [0.29, 0.717) is 12.1 Å². The lowest BCUT2D eigenvalue weighted by atomic mass is 9.97. The first kappa shape index (κ1) is 20.5. The minimum atomic E-state index is -0.0831. The lowest BCUT2D eigenvalue weighted by Crippen LogP contribution is -2.25. The Bertz CT molecular complexity index is 1230. The van der Waals surface area contributed by atoms with Gasteiger partial charge in [0.1, 0.15) is 17.4 Å². The van der Waals surface area contributed by atoms with Gasteiger partial charge in [-0.2, -0.15) is 5.10 Å². The highest BCUT2D eigenvalue weighted by molar-refractivity contribution is 6.03. The van der Waals surface area contributed by atoms with Crippen LogP contribution in [0.5, 0.6) is 5.75 Å². The van der Waals surface area contributed by atoms with Crippen LogP contribution in [0.2, 0.25) is 0 Å². The molecule has 7 nitrogen and oxygen atoms in total. The van der Waals surface area contributed by atoms with Gasteiger partial charge in [0.15, 0.2) is 0 Å².